The van der Waals surface area contributed by atoms with Crippen LogP contribution >= 0.6 is 0 Å². The third-order valence-electron chi connectivity index (χ3n) is 3.65. The second kappa shape index (κ2) is 4.51. The van der Waals surface area contributed by atoms with E-state index in [0.29, 0.717) is 0 Å². The summed E-state index contributed by atoms with van der Waals surface area (Å²) in [5.41, 5.74) is 3.36. The first-order valence-corrected chi connectivity index (χ1v) is 7.13. The Labute approximate surface area is 121 Å². The molecule has 3 heteroatoms. The van der Waals surface area contributed by atoms with Gasteiger partial charge in [0.15, 0.2) is 5.78 Å². The maximum absolute atomic E-state index is 11.6. The molecule has 1 aromatic carbocycles. The van der Waals surface area contributed by atoms with Gasteiger partial charge in [-0.1, -0.05) is 47.6 Å². The summed E-state index contributed by atoms with van der Waals surface area (Å²) < 4.78 is 5.83. The van der Waals surface area contributed by atoms with Gasteiger partial charge in [0, 0.05) is 12.5 Å². The standard InChI is InChI=1S/C17H25NO2/c1-10(19)15-18-13-9-11(16(2,3)4)8-12(14(13)20-15)17(5,6)7/h8-9,15,18H,1-7H3. The van der Waals surface area contributed by atoms with Crippen molar-refractivity contribution < 1.29 is 9.53 Å². The molecule has 0 saturated carbocycles. The fraction of sp³-hybridized carbons (Fsp3) is 0.588. The fourth-order valence-corrected chi connectivity index (χ4v) is 2.33. The molecular weight excluding hydrogens is 250 g/mol. The van der Waals surface area contributed by atoms with Crippen LogP contribution in [-0.2, 0) is 15.6 Å². The van der Waals surface area contributed by atoms with E-state index in [1.54, 1.807) is 6.92 Å². The number of hydrogen-bond acceptors (Lipinski definition) is 3. The number of carbonyl (C=O) groups is 1. The lowest BCUT2D eigenvalue weighted by atomic mass is 9.80. The van der Waals surface area contributed by atoms with Crippen molar-refractivity contribution >= 4 is 11.5 Å². The molecule has 0 fully saturated rings. The molecule has 1 aliphatic heterocycles. The molecule has 20 heavy (non-hydrogen) atoms. The van der Waals surface area contributed by atoms with Gasteiger partial charge in [-0.2, -0.15) is 0 Å². The van der Waals surface area contributed by atoms with E-state index in [4.69, 9.17) is 4.74 Å². The topological polar surface area (TPSA) is 38.3 Å². The Morgan fingerprint density at radius 2 is 1.70 bits per heavy atom. The van der Waals surface area contributed by atoms with Gasteiger partial charge in [0.1, 0.15) is 5.75 Å². The number of anilines is 1. The molecule has 0 aliphatic carbocycles. The molecule has 1 heterocycles. The van der Waals surface area contributed by atoms with Crippen LogP contribution in [0.3, 0.4) is 0 Å². The van der Waals surface area contributed by atoms with Gasteiger partial charge >= 0.3 is 0 Å². The average molecular weight is 275 g/mol. The van der Waals surface area contributed by atoms with Crippen molar-refractivity contribution in [3.63, 3.8) is 0 Å². The Kier molecular flexibility index (Phi) is 3.35. The predicted molar refractivity (Wildman–Crippen MR) is 82.6 cm³/mol. The first kappa shape index (κ1) is 14.9. The lowest BCUT2D eigenvalue weighted by molar-refractivity contribution is -0.122. The van der Waals surface area contributed by atoms with Gasteiger partial charge in [0.25, 0.3) is 0 Å². The first-order chi connectivity index (χ1) is 9.00. The molecule has 1 unspecified atom stereocenters. The van der Waals surface area contributed by atoms with E-state index in [-0.39, 0.29) is 16.6 Å². The highest BCUT2D eigenvalue weighted by atomic mass is 16.5. The third-order valence-corrected chi connectivity index (χ3v) is 3.65. The molecule has 1 atom stereocenters. The summed E-state index contributed by atoms with van der Waals surface area (Å²) in [5, 5.41) is 3.19. The summed E-state index contributed by atoms with van der Waals surface area (Å²) in [6.45, 7) is 14.6. The van der Waals surface area contributed by atoms with E-state index in [0.717, 1.165) is 17.0 Å². The van der Waals surface area contributed by atoms with Crippen molar-refractivity contribution in [1.29, 1.82) is 0 Å². The van der Waals surface area contributed by atoms with E-state index in [9.17, 15) is 4.79 Å². The summed E-state index contributed by atoms with van der Waals surface area (Å²) >= 11 is 0. The van der Waals surface area contributed by atoms with Crippen molar-refractivity contribution in [1.82, 2.24) is 0 Å². The summed E-state index contributed by atoms with van der Waals surface area (Å²) in [4.78, 5) is 11.6. The fourth-order valence-electron chi connectivity index (χ4n) is 2.33. The SMILES string of the molecule is CC(=O)C1Nc2cc(C(C)(C)C)cc(C(C)(C)C)c2O1. The van der Waals surface area contributed by atoms with E-state index >= 15 is 0 Å². The zero-order chi connectivity index (χ0) is 15.3. The summed E-state index contributed by atoms with van der Waals surface area (Å²) in [6.07, 6.45) is -0.554. The van der Waals surface area contributed by atoms with Gasteiger partial charge in [-0.3, -0.25) is 4.79 Å². The van der Waals surface area contributed by atoms with Crippen LogP contribution in [0.2, 0.25) is 0 Å². The number of benzene rings is 1. The van der Waals surface area contributed by atoms with Crippen LogP contribution in [0.5, 0.6) is 5.75 Å². The number of rotatable bonds is 1. The number of fused-ring (bicyclic) bond motifs is 1. The highest BCUT2D eigenvalue weighted by Crippen LogP contribution is 2.44. The van der Waals surface area contributed by atoms with Gasteiger partial charge in [0.2, 0.25) is 6.23 Å². The van der Waals surface area contributed by atoms with Gasteiger partial charge < -0.3 is 10.1 Å². The molecule has 0 aromatic heterocycles. The number of hydrogen-bond donors (Lipinski definition) is 1. The molecule has 110 valence electrons. The zero-order valence-electron chi connectivity index (χ0n) is 13.5. The number of ether oxygens (including phenoxy) is 1. The lowest BCUT2D eigenvalue weighted by Crippen LogP contribution is -2.28. The number of Topliss-reactive ketones (excluding diaryl/α,β-unsaturated/α-hetero) is 1. The van der Waals surface area contributed by atoms with Crippen LogP contribution in [0.1, 0.15) is 59.6 Å². The maximum atomic E-state index is 11.6. The Morgan fingerprint density at radius 1 is 1.10 bits per heavy atom. The summed E-state index contributed by atoms with van der Waals surface area (Å²) in [5.74, 6) is 0.823. The minimum atomic E-state index is -0.554. The third kappa shape index (κ3) is 2.67. The Bertz CT molecular complexity index is 547. The predicted octanol–water partition coefficient (Wildman–Crippen LogP) is 4.00. The maximum Gasteiger partial charge on any atom is 0.229 e. The van der Waals surface area contributed by atoms with Crippen LogP contribution in [0.15, 0.2) is 12.1 Å². The van der Waals surface area contributed by atoms with E-state index < -0.39 is 6.23 Å². The number of nitrogens with one attached hydrogen (secondary N) is 1. The van der Waals surface area contributed by atoms with Crippen molar-refractivity contribution in [2.45, 2.75) is 65.5 Å². The minimum Gasteiger partial charge on any atom is -0.461 e. The molecule has 0 saturated heterocycles. The molecular formula is C17H25NO2. The minimum absolute atomic E-state index is 0.00151. The van der Waals surface area contributed by atoms with Gasteiger partial charge in [-0.25, -0.2) is 0 Å². The Morgan fingerprint density at radius 3 is 2.15 bits per heavy atom. The van der Waals surface area contributed by atoms with E-state index in [1.165, 1.54) is 5.56 Å². The van der Waals surface area contributed by atoms with Crippen molar-refractivity contribution in [2.24, 2.45) is 0 Å². The van der Waals surface area contributed by atoms with Gasteiger partial charge in [-0.05, 0) is 22.5 Å². The first-order valence-electron chi connectivity index (χ1n) is 7.13. The van der Waals surface area contributed by atoms with Crippen molar-refractivity contribution in [3.8, 4) is 5.75 Å². The monoisotopic (exact) mass is 275 g/mol. The molecule has 1 aromatic rings. The molecule has 2 rings (SSSR count). The van der Waals surface area contributed by atoms with Crippen LogP contribution < -0.4 is 10.1 Å². The molecule has 0 radical (unpaired) electrons. The Hall–Kier alpha value is -1.51. The molecule has 1 N–H and O–H groups in total. The molecule has 1 aliphatic rings. The van der Waals surface area contributed by atoms with Crippen LogP contribution in [0, 0.1) is 0 Å². The second-order valence-electron chi connectivity index (χ2n) is 7.65. The number of ketones is 1. The second-order valence-corrected chi connectivity index (χ2v) is 7.65. The average Bonchev–Trinajstić information content (AvgIpc) is 2.68. The molecule has 0 spiro atoms. The lowest BCUT2D eigenvalue weighted by Gasteiger charge is -2.26. The quantitative estimate of drug-likeness (QED) is 0.842. The Balaban J connectivity index is 2.59. The molecule has 0 amide bonds. The largest absolute Gasteiger partial charge is 0.461 e. The van der Waals surface area contributed by atoms with Gasteiger partial charge in [0.05, 0.1) is 5.69 Å². The van der Waals surface area contributed by atoms with E-state index in [2.05, 4.69) is 59.0 Å². The summed E-state index contributed by atoms with van der Waals surface area (Å²) in [7, 11) is 0. The summed E-state index contributed by atoms with van der Waals surface area (Å²) in [6, 6.07) is 4.32. The zero-order valence-corrected chi connectivity index (χ0v) is 13.5. The van der Waals surface area contributed by atoms with Crippen molar-refractivity contribution in [3.05, 3.63) is 23.3 Å². The smallest absolute Gasteiger partial charge is 0.229 e. The van der Waals surface area contributed by atoms with Crippen LogP contribution in [0.4, 0.5) is 5.69 Å². The molecule has 3 nitrogen and oxygen atoms in total. The van der Waals surface area contributed by atoms with Crippen LogP contribution in [0.25, 0.3) is 0 Å². The van der Waals surface area contributed by atoms with Gasteiger partial charge in [-0.15, -0.1) is 0 Å². The highest BCUT2D eigenvalue weighted by molar-refractivity contribution is 5.86. The van der Waals surface area contributed by atoms with Crippen molar-refractivity contribution in [2.75, 3.05) is 5.32 Å². The normalized spacial score (nSPS) is 18.2. The van der Waals surface area contributed by atoms with E-state index in [1.807, 2.05) is 0 Å². The molecule has 0 bridgehead atoms. The van der Waals surface area contributed by atoms with Crippen LogP contribution in [-0.4, -0.2) is 12.0 Å². The number of carbonyl (C=O) groups excluding carboxylic acids is 1. The highest BCUT2D eigenvalue weighted by Gasteiger charge is 2.33.